The summed E-state index contributed by atoms with van der Waals surface area (Å²) in [4.78, 5) is 10.2. The fourth-order valence-corrected chi connectivity index (χ4v) is 12.7. The molecule has 1 aliphatic rings. The van der Waals surface area contributed by atoms with Crippen LogP contribution in [0.3, 0.4) is 0 Å². The third-order valence-corrected chi connectivity index (χ3v) is 17.8. The molecule has 5 heteroatoms. The number of anilines is 4. The standard InChI is InChI=1S/C78H86N4O/c1-50(2)62-32-26-33-63(51(3)4)73(62)52-39-58(45-61(40-52)83-60-35-36-65-64-31-24-25-34-68(64)82(69(65)46-60)72-44-55(37-38-79-72)77(14,15)53-27-20-18-21-28-53)80-49-81(71-48-67(76(11,12)13)66(47-70(71)80)75(8,9)10)59-42-56(74(5,6)7)41-57(43-59)78(16,17)54-29-22-19-23-30-54/h18-48,50-51H,49H2,1-17H3. The number of fused-ring (bicyclic) bond motifs is 4. The van der Waals surface area contributed by atoms with Gasteiger partial charge in [-0.3, -0.25) is 4.57 Å². The normalized spacial score (nSPS) is 13.5. The highest BCUT2D eigenvalue weighted by Gasteiger charge is 2.37. The number of ether oxygens (including phenoxy) is 1. The van der Waals surface area contributed by atoms with E-state index in [1.807, 2.05) is 6.20 Å². The second kappa shape index (κ2) is 21.1. The van der Waals surface area contributed by atoms with Crippen LogP contribution in [-0.2, 0) is 27.1 Å². The van der Waals surface area contributed by atoms with E-state index in [-0.39, 0.29) is 27.1 Å². The molecule has 0 atom stereocenters. The molecule has 0 saturated heterocycles. The Morgan fingerprint density at radius 1 is 0.410 bits per heavy atom. The smallest absolute Gasteiger partial charge is 0.137 e. The van der Waals surface area contributed by atoms with Gasteiger partial charge in [0.2, 0.25) is 0 Å². The van der Waals surface area contributed by atoms with Crippen LogP contribution in [0.25, 0.3) is 38.8 Å². The Bertz CT molecular complexity index is 4020. The molecular formula is C78H86N4O. The summed E-state index contributed by atoms with van der Waals surface area (Å²) in [5.41, 5.74) is 20.2. The van der Waals surface area contributed by atoms with Crippen LogP contribution in [0.4, 0.5) is 22.7 Å². The van der Waals surface area contributed by atoms with Gasteiger partial charge in [0, 0.05) is 51.3 Å². The van der Waals surface area contributed by atoms with Gasteiger partial charge in [0.25, 0.3) is 0 Å². The highest BCUT2D eigenvalue weighted by atomic mass is 16.5. The predicted octanol–water partition coefficient (Wildman–Crippen LogP) is 21.7. The van der Waals surface area contributed by atoms with Crippen LogP contribution in [0.5, 0.6) is 11.5 Å². The molecule has 0 saturated carbocycles. The molecule has 83 heavy (non-hydrogen) atoms. The average molecular weight is 1100 g/mol. The first-order valence-corrected chi connectivity index (χ1v) is 30.2. The minimum atomic E-state index is -0.248. The van der Waals surface area contributed by atoms with Crippen LogP contribution >= 0.6 is 0 Å². The SMILES string of the molecule is CC(C)c1cccc(C(C)C)c1-c1cc(Oc2ccc3c4ccccc4n(-c4cc(C(C)(C)c5ccccc5)ccn4)c3c2)cc(N2CN(c3cc(C(C)(C)C)cc(C(C)(C)c4ccccc4)c3)c3cc(C(C)(C)C)c(C(C)(C)C)cc32)c1. The van der Waals surface area contributed by atoms with Gasteiger partial charge >= 0.3 is 0 Å². The first-order chi connectivity index (χ1) is 39.2. The van der Waals surface area contributed by atoms with Gasteiger partial charge in [-0.1, -0.05) is 221 Å². The second-order valence-corrected chi connectivity index (χ2v) is 28.3. The minimum Gasteiger partial charge on any atom is -0.457 e. The van der Waals surface area contributed by atoms with Crippen molar-refractivity contribution in [3.05, 3.63) is 238 Å². The van der Waals surface area contributed by atoms with Crippen molar-refractivity contribution < 1.29 is 4.74 Å². The van der Waals surface area contributed by atoms with Crippen molar-refractivity contribution in [2.75, 3.05) is 16.5 Å². The molecule has 0 unspecified atom stereocenters. The van der Waals surface area contributed by atoms with Gasteiger partial charge < -0.3 is 14.5 Å². The Morgan fingerprint density at radius 3 is 1.51 bits per heavy atom. The summed E-state index contributed by atoms with van der Waals surface area (Å²) in [5, 5.41) is 2.32. The molecule has 0 N–H and O–H groups in total. The second-order valence-electron chi connectivity index (χ2n) is 28.3. The van der Waals surface area contributed by atoms with Crippen molar-refractivity contribution in [2.24, 2.45) is 0 Å². The molecule has 0 radical (unpaired) electrons. The van der Waals surface area contributed by atoms with Crippen molar-refractivity contribution in [1.82, 2.24) is 9.55 Å². The Morgan fingerprint density at radius 2 is 0.940 bits per heavy atom. The zero-order chi connectivity index (χ0) is 59.1. The third kappa shape index (κ3) is 10.7. The molecule has 5 nitrogen and oxygen atoms in total. The van der Waals surface area contributed by atoms with E-state index in [2.05, 4.69) is 314 Å². The molecule has 8 aromatic carbocycles. The lowest BCUT2D eigenvalue weighted by Gasteiger charge is -2.33. The van der Waals surface area contributed by atoms with Crippen LogP contribution in [0.2, 0.25) is 0 Å². The number of hydrogen-bond acceptors (Lipinski definition) is 4. The van der Waals surface area contributed by atoms with Gasteiger partial charge in [-0.15, -0.1) is 0 Å². The highest BCUT2D eigenvalue weighted by Crippen LogP contribution is 2.52. The number of nitrogens with zero attached hydrogens (tertiary/aromatic N) is 4. The Kier molecular flexibility index (Phi) is 14.5. The molecule has 11 rings (SSSR count). The lowest BCUT2D eigenvalue weighted by Crippen LogP contribution is -2.26. The van der Waals surface area contributed by atoms with Crippen LogP contribution in [-0.4, -0.2) is 16.2 Å². The molecule has 3 heterocycles. The zero-order valence-corrected chi connectivity index (χ0v) is 52.5. The van der Waals surface area contributed by atoms with Gasteiger partial charge in [-0.2, -0.15) is 0 Å². The lowest BCUT2D eigenvalue weighted by atomic mass is 9.74. The zero-order valence-electron chi connectivity index (χ0n) is 52.5. The third-order valence-electron chi connectivity index (χ3n) is 17.8. The molecule has 2 aromatic heterocycles. The number of rotatable bonds is 12. The van der Waals surface area contributed by atoms with Gasteiger partial charge in [-0.25, -0.2) is 4.98 Å². The molecule has 10 aromatic rings. The molecular weight excluding hydrogens is 1010 g/mol. The van der Waals surface area contributed by atoms with Crippen molar-refractivity contribution >= 4 is 44.6 Å². The van der Waals surface area contributed by atoms with E-state index in [1.165, 1.54) is 78.1 Å². The van der Waals surface area contributed by atoms with E-state index in [9.17, 15) is 0 Å². The fourth-order valence-electron chi connectivity index (χ4n) is 12.7. The molecule has 1 aliphatic heterocycles. The van der Waals surface area contributed by atoms with E-state index >= 15 is 0 Å². The number of pyridine rings is 1. The lowest BCUT2D eigenvalue weighted by molar-refractivity contribution is 0.483. The van der Waals surface area contributed by atoms with E-state index < -0.39 is 0 Å². The summed E-state index contributed by atoms with van der Waals surface area (Å²) in [6.07, 6.45) is 1.96. The quantitative estimate of drug-likeness (QED) is 0.122. The van der Waals surface area contributed by atoms with Gasteiger partial charge in [0.1, 0.15) is 24.0 Å². The maximum atomic E-state index is 7.39. The van der Waals surface area contributed by atoms with E-state index in [0.29, 0.717) is 18.5 Å². The van der Waals surface area contributed by atoms with Crippen LogP contribution < -0.4 is 14.5 Å². The van der Waals surface area contributed by atoms with Gasteiger partial charge in [0.05, 0.1) is 22.4 Å². The molecule has 0 bridgehead atoms. The van der Waals surface area contributed by atoms with E-state index in [1.54, 1.807) is 0 Å². The van der Waals surface area contributed by atoms with E-state index in [0.717, 1.165) is 45.0 Å². The van der Waals surface area contributed by atoms with Crippen molar-refractivity contribution in [3.8, 4) is 28.4 Å². The van der Waals surface area contributed by atoms with Crippen molar-refractivity contribution in [3.63, 3.8) is 0 Å². The first-order valence-electron chi connectivity index (χ1n) is 30.2. The topological polar surface area (TPSA) is 33.5 Å². The van der Waals surface area contributed by atoms with Crippen molar-refractivity contribution in [1.29, 1.82) is 0 Å². The number of benzene rings is 8. The summed E-state index contributed by atoms with van der Waals surface area (Å²) in [7, 11) is 0. The van der Waals surface area contributed by atoms with Crippen LogP contribution in [0.15, 0.2) is 188 Å². The van der Waals surface area contributed by atoms with Crippen LogP contribution in [0, 0.1) is 0 Å². The highest BCUT2D eigenvalue weighted by molar-refractivity contribution is 6.09. The summed E-state index contributed by atoms with van der Waals surface area (Å²) in [6.45, 7) is 40.4. The van der Waals surface area contributed by atoms with Crippen molar-refractivity contribution in [2.45, 2.75) is 157 Å². The molecule has 0 fully saturated rings. The van der Waals surface area contributed by atoms with Gasteiger partial charge in [0.15, 0.2) is 0 Å². The average Bonchev–Trinajstić information content (AvgIpc) is 2.13. The maximum absolute atomic E-state index is 7.39. The summed E-state index contributed by atoms with van der Waals surface area (Å²) in [6, 6.07) is 67.8. The maximum Gasteiger partial charge on any atom is 0.137 e. The fraction of sp³-hybridized carbons (Fsp3) is 0.321. The first kappa shape index (κ1) is 56.9. The number of para-hydroxylation sites is 1. The molecule has 424 valence electrons. The molecule has 0 amide bonds. The minimum absolute atomic E-state index is 0.0951. The Hall–Kier alpha value is -7.89. The van der Waals surface area contributed by atoms with E-state index in [4.69, 9.17) is 9.72 Å². The largest absolute Gasteiger partial charge is 0.457 e. The predicted molar refractivity (Wildman–Crippen MR) is 354 cm³/mol. The van der Waals surface area contributed by atoms with Gasteiger partial charge in [-0.05, 0) is 156 Å². The van der Waals surface area contributed by atoms with Crippen LogP contribution in [0.1, 0.15) is 180 Å². The molecule has 0 spiro atoms. The Labute approximate surface area is 496 Å². The number of hydrogen-bond donors (Lipinski definition) is 0. The molecule has 0 aliphatic carbocycles. The summed E-state index contributed by atoms with van der Waals surface area (Å²) >= 11 is 0. The Balaban J connectivity index is 1.12. The number of aromatic nitrogens is 2. The monoisotopic (exact) mass is 1090 g/mol. The summed E-state index contributed by atoms with van der Waals surface area (Å²) < 4.78 is 9.70. The summed E-state index contributed by atoms with van der Waals surface area (Å²) in [5.74, 6) is 3.00.